The maximum atomic E-state index is 13.0. The molecule has 4 aromatic rings. The molecule has 0 saturated heterocycles. The Morgan fingerprint density at radius 1 is 0.900 bits per heavy atom. The number of benzene rings is 3. The average Bonchev–Trinajstić information content (AvgIpc) is 3.26. The second-order valence-corrected chi connectivity index (χ2v) is 7.11. The topological polar surface area (TPSA) is 88.5 Å². The number of carboxylic acid groups (broad SMARTS) is 1. The van der Waals surface area contributed by atoms with Gasteiger partial charge in [-0.2, -0.15) is 0 Å². The summed E-state index contributed by atoms with van der Waals surface area (Å²) in [4.78, 5) is 28.3. The van der Waals surface area contributed by atoms with Crippen molar-refractivity contribution in [1.29, 1.82) is 0 Å². The third-order valence-corrected chi connectivity index (χ3v) is 5.11. The lowest BCUT2D eigenvalue weighted by atomic mass is 10.1. The van der Waals surface area contributed by atoms with Crippen LogP contribution in [0.2, 0.25) is 0 Å². The van der Waals surface area contributed by atoms with Gasteiger partial charge in [0.1, 0.15) is 16.5 Å². The van der Waals surface area contributed by atoms with Gasteiger partial charge in [0.05, 0.1) is 11.3 Å². The summed E-state index contributed by atoms with van der Waals surface area (Å²) in [5.41, 5.74) is 1.52. The predicted molar refractivity (Wildman–Crippen MR) is 115 cm³/mol. The highest BCUT2D eigenvalue weighted by molar-refractivity contribution is 7.13. The van der Waals surface area contributed by atoms with Crippen LogP contribution in [0.5, 0.6) is 11.5 Å². The molecule has 4 rings (SSSR count). The molecular weight excluding hydrogens is 400 g/mol. The van der Waals surface area contributed by atoms with Gasteiger partial charge in [0, 0.05) is 10.9 Å². The second-order valence-electron chi connectivity index (χ2n) is 6.25. The highest BCUT2D eigenvalue weighted by atomic mass is 32.1. The van der Waals surface area contributed by atoms with Crippen molar-refractivity contribution in [2.75, 3.05) is 5.32 Å². The molecule has 2 N–H and O–H groups in total. The molecule has 0 unspecified atom stereocenters. The maximum absolute atomic E-state index is 13.0. The van der Waals surface area contributed by atoms with E-state index >= 15 is 0 Å². The lowest BCUT2D eigenvalue weighted by Crippen LogP contribution is -2.13. The van der Waals surface area contributed by atoms with Gasteiger partial charge in [-0.25, -0.2) is 9.78 Å². The molecule has 0 aliphatic rings. The second kappa shape index (κ2) is 8.59. The summed E-state index contributed by atoms with van der Waals surface area (Å²) in [6.07, 6.45) is 0. The van der Waals surface area contributed by atoms with Crippen LogP contribution in [0, 0.1) is 0 Å². The Morgan fingerprint density at radius 2 is 1.60 bits per heavy atom. The first kappa shape index (κ1) is 19.4. The van der Waals surface area contributed by atoms with Crippen molar-refractivity contribution in [1.82, 2.24) is 4.98 Å². The Labute approximate surface area is 176 Å². The van der Waals surface area contributed by atoms with Gasteiger partial charge in [-0.05, 0) is 36.4 Å². The van der Waals surface area contributed by atoms with Crippen molar-refractivity contribution in [3.05, 3.63) is 95.5 Å². The fourth-order valence-corrected chi connectivity index (χ4v) is 3.66. The van der Waals surface area contributed by atoms with E-state index in [1.807, 2.05) is 30.3 Å². The van der Waals surface area contributed by atoms with Crippen LogP contribution in [-0.2, 0) is 0 Å². The monoisotopic (exact) mass is 416 g/mol. The number of aromatic carboxylic acids is 1. The summed E-state index contributed by atoms with van der Waals surface area (Å²) in [6, 6.07) is 23.3. The zero-order chi connectivity index (χ0) is 20.9. The van der Waals surface area contributed by atoms with Gasteiger partial charge < -0.3 is 15.2 Å². The minimum Gasteiger partial charge on any atom is -0.476 e. The van der Waals surface area contributed by atoms with Crippen molar-refractivity contribution in [2.45, 2.75) is 0 Å². The van der Waals surface area contributed by atoms with Crippen molar-refractivity contribution in [3.63, 3.8) is 0 Å². The number of para-hydroxylation sites is 3. The van der Waals surface area contributed by atoms with Crippen LogP contribution >= 0.6 is 11.3 Å². The maximum Gasteiger partial charge on any atom is 0.355 e. The molecule has 6 nitrogen and oxygen atoms in total. The van der Waals surface area contributed by atoms with Gasteiger partial charge in [0.25, 0.3) is 5.91 Å². The smallest absolute Gasteiger partial charge is 0.355 e. The van der Waals surface area contributed by atoms with Crippen LogP contribution in [0.3, 0.4) is 0 Å². The normalized spacial score (nSPS) is 10.4. The standard InChI is InChI=1S/C23H16N2O4S/c26-21(17-11-5-7-13-20(17)29-15-8-2-1-3-9-15)24-18-12-6-4-10-16(18)22-25-19(14-30-22)23(27)28/h1-14H,(H,24,26)(H,27,28). The van der Waals surface area contributed by atoms with Crippen molar-refractivity contribution in [2.24, 2.45) is 0 Å². The fourth-order valence-electron chi connectivity index (χ4n) is 2.82. The van der Waals surface area contributed by atoms with Crippen LogP contribution in [0.4, 0.5) is 5.69 Å². The number of carboxylic acids is 1. The molecule has 0 radical (unpaired) electrons. The van der Waals surface area contributed by atoms with E-state index in [1.165, 1.54) is 16.7 Å². The van der Waals surface area contributed by atoms with E-state index in [4.69, 9.17) is 9.84 Å². The minimum atomic E-state index is -1.09. The molecule has 0 saturated carbocycles. The number of hydrogen-bond acceptors (Lipinski definition) is 5. The SMILES string of the molecule is O=C(O)c1csc(-c2ccccc2NC(=O)c2ccccc2Oc2ccccc2)n1. The van der Waals surface area contributed by atoms with E-state index < -0.39 is 5.97 Å². The Balaban J connectivity index is 1.62. The first-order chi connectivity index (χ1) is 14.6. The minimum absolute atomic E-state index is 0.0299. The predicted octanol–water partition coefficient (Wildman–Crippen LogP) is 5.55. The molecule has 1 aromatic heterocycles. The summed E-state index contributed by atoms with van der Waals surface area (Å²) in [6.45, 7) is 0. The van der Waals surface area contributed by atoms with E-state index in [0.717, 1.165) is 0 Å². The van der Waals surface area contributed by atoms with E-state index in [2.05, 4.69) is 10.3 Å². The van der Waals surface area contributed by atoms with Gasteiger partial charge in [-0.3, -0.25) is 4.79 Å². The number of carbonyl (C=O) groups excluding carboxylic acids is 1. The lowest BCUT2D eigenvalue weighted by molar-refractivity contribution is 0.0691. The highest BCUT2D eigenvalue weighted by Crippen LogP contribution is 2.32. The van der Waals surface area contributed by atoms with E-state index in [-0.39, 0.29) is 11.6 Å². The number of nitrogens with one attached hydrogen (secondary N) is 1. The largest absolute Gasteiger partial charge is 0.476 e. The van der Waals surface area contributed by atoms with E-state index in [0.29, 0.717) is 33.3 Å². The Bertz CT molecular complexity index is 1200. The summed E-state index contributed by atoms with van der Waals surface area (Å²) in [7, 11) is 0. The molecule has 30 heavy (non-hydrogen) atoms. The zero-order valence-electron chi connectivity index (χ0n) is 15.6. The average molecular weight is 416 g/mol. The van der Waals surface area contributed by atoms with Crippen LogP contribution in [0.15, 0.2) is 84.2 Å². The number of ether oxygens (including phenoxy) is 1. The summed E-state index contributed by atoms with van der Waals surface area (Å²) in [5.74, 6) is -0.377. The molecule has 0 bridgehead atoms. The molecular formula is C23H16N2O4S. The van der Waals surface area contributed by atoms with Crippen LogP contribution in [-0.4, -0.2) is 22.0 Å². The molecule has 0 fully saturated rings. The van der Waals surface area contributed by atoms with Crippen LogP contribution in [0.1, 0.15) is 20.8 Å². The molecule has 1 heterocycles. The van der Waals surface area contributed by atoms with Gasteiger partial charge >= 0.3 is 5.97 Å². The Kier molecular flexibility index (Phi) is 5.54. The van der Waals surface area contributed by atoms with Gasteiger partial charge in [0.15, 0.2) is 5.69 Å². The Morgan fingerprint density at radius 3 is 2.37 bits per heavy atom. The van der Waals surface area contributed by atoms with E-state index in [9.17, 15) is 9.59 Å². The molecule has 1 amide bonds. The van der Waals surface area contributed by atoms with Crippen LogP contribution in [0.25, 0.3) is 10.6 Å². The summed E-state index contributed by atoms with van der Waals surface area (Å²) in [5, 5.41) is 14.0. The zero-order valence-corrected chi connectivity index (χ0v) is 16.4. The van der Waals surface area contributed by atoms with Gasteiger partial charge in [0.2, 0.25) is 0 Å². The molecule has 3 aromatic carbocycles. The molecule has 0 spiro atoms. The molecule has 7 heteroatoms. The number of rotatable bonds is 6. The number of aromatic nitrogens is 1. The summed E-state index contributed by atoms with van der Waals surface area (Å²) >= 11 is 1.21. The number of anilines is 1. The van der Waals surface area contributed by atoms with Gasteiger partial charge in [-0.1, -0.05) is 42.5 Å². The van der Waals surface area contributed by atoms with Crippen molar-refractivity contribution in [3.8, 4) is 22.1 Å². The number of amides is 1. The first-order valence-electron chi connectivity index (χ1n) is 9.03. The fraction of sp³-hybridized carbons (Fsp3) is 0. The quantitative estimate of drug-likeness (QED) is 0.430. The summed E-state index contributed by atoms with van der Waals surface area (Å²) < 4.78 is 5.88. The molecule has 0 aliphatic carbocycles. The van der Waals surface area contributed by atoms with Gasteiger partial charge in [-0.15, -0.1) is 11.3 Å². The molecule has 0 aliphatic heterocycles. The number of carbonyl (C=O) groups is 2. The van der Waals surface area contributed by atoms with Crippen molar-refractivity contribution < 1.29 is 19.4 Å². The van der Waals surface area contributed by atoms with Crippen LogP contribution < -0.4 is 10.1 Å². The first-order valence-corrected chi connectivity index (χ1v) is 9.91. The number of thiazole rings is 1. The third kappa shape index (κ3) is 4.21. The highest BCUT2D eigenvalue weighted by Gasteiger charge is 2.17. The third-order valence-electron chi connectivity index (χ3n) is 4.23. The number of hydrogen-bond donors (Lipinski definition) is 2. The van der Waals surface area contributed by atoms with Crippen molar-refractivity contribution >= 4 is 28.9 Å². The Hall–Kier alpha value is -3.97. The lowest BCUT2D eigenvalue weighted by Gasteiger charge is -2.13. The number of nitrogens with zero attached hydrogens (tertiary/aromatic N) is 1. The molecule has 148 valence electrons. The van der Waals surface area contributed by atoms with E-state index in [1.54, 1.807) is 48.5 Å². The molecule has 0 atom stereocenters.